The van der Waals surface area contributed by atoms with Gasteiger partial charge in [-0.05, 0) is 13.8 Å². The van der Waals surface area contributed by atoms with E-state index in [-0.39, 0.29) is 52.3 Å². The van der Waals surface area contributed by atoms with Crippen molar-refractivity contribution in [3.63, 3.8) is 0 Å². The summed E-state index contributed by atoms with van der Waals surface area (Å²) in [6.45, 7) is 7.37. The monoisotopic (exact) mass is 405 g/mol. The van der Waals surface area contributed by atoms with Gasteiger partial charge >= 0.3 is 0 Å². The fraction of sp³-hybridized carbons (Fsp3) is 0.588. The van der Waals surface area contributed by atoms with Gasteiger partial charge in [-0.2, -0.15) is 0 Å². The zero-order valence-corrected chi connectivity index (χ0v) is 17.3. The molecule has 0 radical (unpaired) electrons. The molecule has 1 unspecified atom stereocenters. The highest BCUT2D eigenvalue weighted by molar-refractivity contribution is 7.40. The molecule has 1 aliphatic rings. The molecule has 9 nitrogen and oxygen atoms in total. The molecule has 3 atom stereocenters. The number of imide groups is 1. The molecule has 1 rings (SSSR count). The number of rotatable bonds is 10. The number of ether oxygens (including phenoxy) is 1. The Kier molecular flexibility index (Phi) is 12.1. The first-order valence-corrected chi connectivity index (χ1v) is 9.30. The normalized spacial score (nSPS) is 14.9. The van der Waals surface area contributed by atoms with Crippen LogP contribution in [0.4, 0.5) is 0 Å². The quantitative estimate of drug-likeness (QED) is 0.305. The highest BCUT2D eigenvalue weighted by atomic mass is 31.0. The SMILES string of the molecule is CC.C[C@H](NC(=O)[C@H](C)NC(=O)CCOCCN1C(=O)C=CC1=O)C(=O)P.[HH].[HH]. The molecular weight excluding hydrogens is 373 g/mol. The summed E-state index contributed by atoms with van der Waals surface area (Å²) >= 11 is 0. The molecule has 0 aromatic heterocycles. The fourth-order valence-electron chi connectivity index (χ4n) is 1.86. The van der Waals surface area contributed by atoms with Gasteiger partial charge in [-0.15, -0.1) is 0 Å². The van der Waals surface area contributed by atoms with Crippen LogP contribution in [0.1, 0.15) is 37.0 Å². The Morgan fingerprint density at radius 1 is 1.07 bits per heavy atom. The molecule has 27 heavy (non-hydrogen) atoms. The zero-order chi connectivity index (χ0) is 21.0. The molecule has 0 spiro atoms. The Hall–Kier alpha value is -2.12. The standard InChI is InChI=1S/C15H22N3O6P.C2H6.2H2/c1-9(14(22)17-10(2)15(23)25)16-11(19)5-7-24-8-6-18-12(20)3-4-13(18)21;1-2;;/h3-4,9-10H,5-8,25H2,1-2H3,(H,16,19)(H,17,22);1-2H3;2*1H/t9-,10-;;;/m0.../s1. The van der Waals surface area contributed by atoms with Crippen LogP contribution in [0, 0.1) is 0 Å². The minimum Gasteiger partial charge on any atom is -0.379 e. The van der Waals surface area contributed by atoms with Crippen molar-refractivity contribution in [1.29, 1.82) is 0 Å². The van der Waals surface area contributed by atoms with Gasteiger partial charge in [-0.1, -0.05) is 23.1 Å². The topological polar surface area (TPSA) is 122 Å². The van der Waals surface area contributed by atoms with Crippen LogP contribution in [-0.4, -0.2) is 65.9 Å². The summed E-state index contributed by atoms with van der Waals surface area (Å²) in [5, 5.41) is 4.96. The number of hydrogen-bond acceptors (Lipinski definition) is 6. The van der Waals surface area contributed by atoms with E-state index in [1.807, 2.05) is 23.1 Å². The van der Waals surface area contributed by atoms with E-state index >= 15 is 0 Å². The summed E-state index contributed by atoms with van der Waals surface area (Å²) in [5.74, 6) is -1.62. The van der Waals surface area contributed by atoms with Crippen molar-refractivity contribution >= 4 is 38.4 Å². The third kappa shape index (κ3) is 9.40. The van der Waals surface area contributed by atoms with Crippen LogP contribution < -0.4 is 10.6 Å². The predicted octanol–water partition coefficient (Wildman–Crippen LogP) is 0.247. The number of nitrogens with zero attached hydrogens (tertiary/aromatic N) is 1. The Morgan fingerprint density at radius 3 is 2.15 bits per heavy atom. The molecule has 0 aromatic rings. The van der Waals surface area contributed by atoms with Crippen LogP contribution in [0.25, 0.3) is 0 Å². The zero-order valence-electron chi connectivity index (χ0n) is 16.1. The van der Waals surface area contributed by atoms with Gasteiger partial charge in [0.25, 0.3) is 11.8 Å². The van der Waals surface area contributed by atoms with Crippen molar-refractivity contribution in [2.45, 2.75) is 46.2 Å². The molecule has 0 aromatic carbocycles. The van der Waals surface area contributed by atoms with E-state index in [0.29, 0.717) is 0 Å². The molecule has 1 aliphatic heterocycles. The van der Waals surface area contributed by atoms with E-state index in [2.05, 4.69) is 10.6 Å². The van der Waals surface area contributed by atoms with Gasteiger partial charge in [-0.25, -0.2) is 0 Å². The van der Waals surface area contributed by atoms with E-state index in [9.17, 15) is 24.0 Å². The van der Waals surface area contributed by atoms with Crippen molar-refractivity contribution in [2.75, 3.05) is 19.8 Å². The molecular formula is C17H32N3O6P. The predicted molar refractivity (Wildman–Crippen MR) is 107 cm³/mol. The van der Waals surface area contributed by atoms with Gasteiger partial charge in [0.05, 0.1) is 25.8 Å². The van der Waals surface area contributed by atoms with Gasteiger partial charge < -0.3 is 15.4 Å². The Morgan fingerprint density at radius 2 is 1.63 bits per heavy atom. The third-order valence-corrected chi connectivity index (χ3v) is 3.89. The molecule has 0 aliphatic carbocycles. The minimum absolute atomic E-state index is 0. The Labute approximate surface area is 164 Å². The van der Waals surface area contributed by atoms with Gasteiger partial charge in [0.1, 0.15) is 6.04 Å². The number of hydrogen-bond donors (Lipinski definition) is 2. The summed E-state index contributed by atoms with van der Waals surface area (Å²) in [7, 11) is 1.98. The fourth-order valence-corrected chi connectivity index (χ4v) is 1.95. The summed E-state index contributed by atoms with van der Waals surface area (Å²) in [4.78, 5) is 58.2. The third-order valence-electron chi connectivity index (χ3n) is 3.39. The largest absolute Gasteiger partial charge is 0.379 e. The lowest BCUT2D eigenvalue weighted by Crippen LogP contribution is -2.48. The second-order valence-electron chi connectivity index (χ2n) is 5.45. The smallest absolute Gasteiger partial charge is 0.253 e. The Bertz CT molecular complexity index is 586. The van der Waals surface area contributed by atoms with E-state index in [0.717, 1.165) is 4.90 Å². The van der Waals surface area contributed by atoms with Crippen LogP contribution in [-0.2, 0) is 28.7 Å². The molecule has 0 saturated carbocycles. The maximum Gasteiger partial charge on any atom is 0.253 e. The van der Waals surface area contributed by atoms with E-state index in [4.69, 9.17) is 4.74 Å². The first kappa shape index (κ1) is 24.9. The van der Waals surface area contributed by atoms with Crippen LogP contribution in [0.2, 0.25) is 0 Å². The maximum absolute atomic E-state index is 11.8. The van der Waals surface area contributed by atoms with Crippen LogP contribution in [0.15, 0.2) is 12.2 Å². The van der Waals surface area contributed by atoms with Crippen LogP contribution in [0.3, 0.4) is 0 Å². The van der Waals surface area contributed by atoms with Gasteiger partial charge in [0.15, 0.2) is 5.52 Å². The van der Waals surface area contributed by atoms with E-state index in [1.165, 1.54) is 19.1 Å². The molecule has 156 valence electrons. The summed E-state index contributed by atoms with van der Waals surface area (Å²) in [6.07, 6.45) is 2.40. The lowest BCUT2D eigenvalue weighted by Gasteiger charge is -2.17. The van der Waals surface area contributed by atoms with Crippen molar-refractivity contribution in [3.8, 4) is 0 Å². The average molecular weight is 405 g/mol. The van der Waals surface area contributed by atoms with E-state index < -0.39 is 18.0 Å². The highest BCUT2D eigenvalue weighted by Crippen LogP contribution is 2.02. The number of carbonyl (C=O) groups excluding carboxylic acids is 5. The average Bonchev–Trinajstić information content (AvgIpc) is 2.94. The molecule has 2 N–H and O–H groups in total. The highest BCUT2D eigenvalue weighted by Gasteiger charge is 2.22. The van der Waals surface area contributed by atoms with Gasteiger partial charge in [0.2, 0.25) is 11.8 Å². The molecule has 1 heterocycles. The van der Waals surface area contributed by atoms with Crippen LogP contribution >= 0.6 is 9.24 Å². The summed E-state index contributed by atoms with van der Waals surface area (Å²) < 4.78 is 5.22. The summed E-state index contributed by atoms with van der Waals surface area (Å²) in [5.41, 5.74) is -0.259. The second kappa shape index (κ2) is 13.1. The molecule has 0 fully saturated rings. The number of carbonyl (C=O) groups is 5. The lowest BCUT2D eigenvalue weighted by atomic mass is 10.2. The second-order valence-corrected chi connectivity index (χ2v) is 6.01. The lowest BCUT2D eigenvalue weighted by molar-refractivity contribution is -0.138. The maximum atomic E-state index is 11.8. The molecule has 10 heteroatoms. The van der Waals surface area contributed by atoms with Gasteiger partial charge in [0, 0.05) is 21.4 Å². The first-order chi connectivity index (χ1) is 12.7. The molecule has 0 saturated heterocycles. The van der Waals surface area contributed by atoms with Crippen molar-refractivity contribution in [3.05, 3.63) is 12.2 Å². The summed E-state index contributed by atoms with van der Waals surface area (Å²) in [6, 6.07) is -1.43. The van der Waals surface area contributed by atoms with Crippen molar-refractivity contribution in [1.82, 2.24) is 15.5 Å². The van der Waals surface area contributed by atoms with E-state index in [1.54, 1.807) is 6.92 Å². The van der Waals surface area contributed by atoms with Crippen molar-refractivity contribution in [2.24, 2.45) is 0 Å². The number of amides is 4. The van der Waals surface area contributed by atoms with Gasteiger partial charge in [-0.3, -0.25) is 28.9 Å². The van der Waals surface area contributed by atoms with Crippen molar-refractivity contribution < 1.29 is 31.6 Å². The van der Waals surface area contributed by atoms with Crippen LogP contribution in [0.5, 0.6) is 0 Å². The first-order valence-electron chi connectivity index (χ1n) is 8.72. The number of nitrogens with one attached hydrogen (secondary N) is 2. The molecule has 4 amide bonds. The molecule has 0 bridgehead atoms. The minimum atomic E-state index is -0.787. The Balaban J connectivity index is -0.00000163.